The number of hydrazine groups is 1. The molecule has 5 amide bonds. The summed E-state index contributed by atoms with van der Waals surface area (Å²) >= 11 is 0. The fourth-order valence-electron chi connectivity index (χ4n) is 5.10. The minimum Gasteiger partial charge on any atom is -0.465 e. The van der Waals surface area contributed by atoms with Crippen LogP contribution >= 0.6 is 0 Å². The molecule has 1 saturated carbocycles. The van der Waals surface area contributed by atoms with Crippen molar-refractivity contribution in [3.8, 4) is 0 Å². The van der Waals surface area contributed by atoms with E-state index in [-0.39, 0.29) is 36.5 Å². The van der Waals surface area contributed by atoms with E-state index in [0.717, 1.165) is 5.56 Å². The van der Waals surface area contributed by atoms with Crippen LogP contribution in [-0.4, -0.2) is 74.1 Å². The van der Waals surface area contributed by atoms with Crippen LogP contribution in [0.3, 0.4) is 0 Å². The Balaban J connectivity index is 1.25. The maximum absolute atomic E-state index is 12.9. The average molecular weight is 488 g/mol. The fourth-order valence-corrected chi connectivity index (χ4v) is 5.10. The van der Waals surface area contributed by atoms with Crippen molar-refractivity contribution in [2.45, 2.75) is 76.7 Å². The summed E-state index contributed by atoms with van der Waals surface area (Å²) in [5.41, 5.74) is 5.29. The Hall–Kier alpha value is -3.34. The smallest absolute Gasteiger partial charge is 0.407 e. The van der Waals surface area contributed by atoms with Gasteiger partial charge in [-0.05, 0) is 52.0 Å². The zero-order valence-corrected chi connectivity index (χ0v) is 20.3. The van der Waals surface area contributed by atoms with Gasteiger partial charge in [0.15, 0.2) is 0 Å². The lowest BCUT2D eigenvalue weighted by Crippen LogP contribution is -2.59. The summed E-state index contributed by atoms with van der Waals surface area (Å²) in [4.78, 5) is 58.4. The van der Waals surface area contributed by atoms with Gasteiger partial charge in [-0.2, -0.15) is 5.06 Å². The van der Waals surface area contributed by atoms with Crippen molar-refractivity contribution in [1.29, 1.82) is 0 Å². The van der Waals surface area contributed by atoms with Crippen LogP contribution in [0.1, 0.15) is 52.0 Å². The standard InChI is InChI=1S/C24H33N5O6/c1-24(2,3)28(23(33)34)18-11-16(12-18)20(30)25-26-21(31)19-10-9-17-13-27(19)22(32)29(17)35-14-15-7-5-4-6-8-15/h4-8,16-19H,9-14H2,1-3H3,(H,25,30)(H,26,31)(H,33,34)/t16-,17-,18-,19+/m1/s1. The average Bonchev–Trinajstić information content (AvgIpc) is 3.01. The first-order valence-electron chi connectivity index (χ1n) is 11.9. The van der Waals surface area contributed by atoms with Crippen LogP contribution in [0.5, 0.6) is 0 Å². The largest absolute Gasteiger partial charge is 0.465 e. The van der Waals surface area contributed by atoms with E-state index in [1.807, 2.05) is 51.1 Å². The molecule has 3 fully saturated rings. The molecule has 11 heteroatoms. The molecule has 2 aliphatic heterocycles. The minimum absolute atomic E-state index is 0.114. The van der Waals surface area contributed by atoms with E-state index in [2.05, 4.69) is 10.9 Å². The van der Waals surface area contributed by atoms with E-state index in [1.165, 1.54) is 14.9 Å². The predicted octanol–water partition coefficient (Wildman–Crippen LogP) is 2.09. The molecule has 0 aromatic heterocycles. The molecule has 35 heavy (non-hydrogen) atoms. The molecule has 1 aromatic rings. The Kier molecular flexibility index (Phi) is 6.88. The number of amides is 5. The summed E-state index contributed by atoms with van der Waals surface area (Å²) in [6.45, 7) is 6.10. The van der Waals surface area contributed by atoms with Gasteiger partial charge in [-0.1, -0.05) is 30.3 Å². The highest BCUT2D eigenvalue weighted by molar-refractivity contribution is 5.90. The van der Waals surface area contributed by atoms with E-state index in [9.17, 15) is 24.3 Å². The van der Waals surface area contributed by atoms with Gasteiger partial charge >= 0.3 is 12.1 Å². The number of piperidine rings is 1. The number of hydroxylamine groups is 2. The highest BCUT2D eigenvalue weighted by Gasteiger charge is 2.48. The zero-order chi connectivity index (χ0) is 25.3. The Morgan fingerprint density at radius 2 is 1.74 bits per heavy atom. The van der Waals surface area contributed by atoms with Gasteiger partial charge in [-0.25, -0.2) is 9.59 Å². The summed E-state index contributed by atoms with van der Waals surface area (Å²) in [6, 6.07) is 8.14. The van der Waals surface area contributed by atoms with E-state index >= 15 is 0 Å². The molecule has 0 spiro atoms. The summed E-state index contributed by atoms with van der Waals surface area (Å²) in [5.74, 6) is -1.19. The van der Waals surface area contributed by atoms with Crippen LogP contribution in [0.15, 0.2) is 30.3 Å². The van der Waals surface area contributed by atoms with Gasteiger partial charge in [0.2, 0.25) is 5.91 Å². The summed E-state index contributed by atoms with van der Waals surface area (Å²) in [7, 11) is 0. The number of nitrogens with zero attached hydrogens (tertiary/aromatic N) is 3. The van der Waals surface area contributed by atoms with Crippen molar-refractivity contribution in [3.05, 3.63) is 35.9 Å². The first-order valence-corrected chi connectivity index (χ1v) is 11.9. The van der Waals surface area contributed by atoms with Crippen LogP contribution in [-0.2, 0) is 21.0 Å². The van der Waals surface area contributed by atoms with Crippen LogP contribution in [0.25, 0.3) is 0 Å². The van der Waals surface area contributed by atoms with Gasteiger partial charge in [-0.3, -0.25) is 25.3 Å². The maximum atomic E-state index is 12.9. The van der Waals surface area contributed by atoms with Crippen molar-refractivity contribution < 1.29 is 29.1 Å². The van der Waals surface area contributed by atoms with Gasteiger partial charge in [0, 0.05) is 24.0 Å². The van der Waals surface area contributed by atoms with Crippen LogP contribution in [0.4, 0.5) is 9.59 Å². The molecule has 0 unspecified atom stereocenters. The molecule has 190 valence electrons. The molecule has 2 bridgehead atoms. The molecular formula is C24H33N5O6. The summed E-state index contributed by atoms with van der Waals surface area (Å²) in [5, 5.41) is 10.9. The third-order valence-electron chi connectivity index (χ3n) is 6.93. The Labute approximate surface area is 204 Å². The Morgan fingerprint density at radius 3 is 2.37 bits per heavy atom. The molecule has 2 atom stereocenters. The molecule has 1 aliphatic carbocycles. The van der Waals surface area contributed by atoms with Gasteiger partial charge < -0.3 is 14.9 Å². The third-order valence-corrected chi connectivity index (χ3v) is 6.93. The zero-order valence-electron chi connectivity index (χ0n) is 20.3. The number of hydrogen-bond donors (Lipinski definition) is 3. The second-order valence-electron chi connectivity index (χ2n) is 10.4. The highest BCUT2D eigenvalue weighted by Crippen LogP contribution is 2.36. The fraction of sp³-hybridized carbons (Fsp3) is 0.583. The van der Waals surface area contributed by atoms with Crippen molar-refractivity contribution >= 4 is 23.9 Å². The van der Waals surface area contributed by atoms with Crippen LogP contribution in [0, 0.1) is 5.92 Å². The van der Waals surface area contributed by atoms with Gasteiger partial charge in [-0.15, -0.1) is 0 Å². The van der Waals surface area contributed by atoms with Crippen LogP contribution < -0.4 is 10.9 Å². The van der Waals surface area contributed by atoms with Gasteiger partial charge in [0.05, 0.1) is 6.04 Å². The number of urea groups is 1. The lowest BCUT2D eigenvalue weighted by Gasteiger charge is -2.46. The predicted molar refractivity (Wildman–Crippen MR) is 124 cm³/mol. The SMILES string of the molecule is CC(C)(C)N(C(=O)O)[C@H]1C[C@H](C(=O)NNC(=O)[C@@H]2CC[C@@H]3CN2C(=O)N3OCc2ccccc2)C1. The number of hydrogen-bond acceptors (Lipinski definition) is 5. The lowest BCUT2D eigenvalue weighted by molar-refractivity contribution is -0.140. The second-order valence-corrected chi connectivity index (χ2v) is 10.4. The number of carbonyl (C=O) groups is 4. The molecule has 3 N–H and O–H groups in total. The molecular weight excluding hydrogens is 454 g/mol. The Morgan fingerprint density at radius 1 is 1.09 bits per heavy atom. The quantitative estimate of drug-likeness (QED) is 0.527. The first-order chi connectivity index (χ1) is 16.6. The van der Waals surface area contributed by atoms with E-state index in [4.69, 9.17) is 4.84 Å². The van der Waals surface area contributed by atoms with E-state index in [0.29, 0.717) is 32.2 Å². The number of carboxylic acid groups (broad SMARTS) is 1. The maximum Gasteiger partial charge on any atom is 0.407 e. The van der Waals surface area contributed by atoms with Crippen molar-refractivity contribution in [3.63, 3.8) is 0 Å². The summed E-state index contributed by atoms with van der Waals surface area (Å²) < 4.78 is 0. The molecule has 1 aromatic carbocycles. The molecule has 2 heterocycles. The number of carbonyl (C=O) groups excluding carboxylic acids is 3. The van der Waals surface area contributed by atoms with Crippen LogP contribution in [0.2, 0.25) is 0 Å². The normalized spacial score (nSPS) is 25.6. The van der Waals surface area contributed by atoms with Crippen molar-refractivity contribution in [1.82, 2.24) is 25.7 Å². The molecule has 2 saturated heterocycles. The molecule has 3 aliphatic rings. The minimum atomic E-state index is -1.01. The van der Waals surface area contributed by atoms with Crippen molar-refractivity contribution in [2.75, 3.05) is 6.54 Å². The number of fused-ring (bicyclic) bond motifs is 2. The monoisotopic (exact) mass is 487 g/mol. The number of rotatable bonds is 6. The second kappa shape index (κ2) is 9.73. The molecule has 4 rings (SSSR count). The third kappa shape index (κ3) is 5.19. The Bertz CT molecular complexity index is 974. The van der Waals surface area contributed by atoms with Gasteiger partial charge in [0.1, 0.15) is 12.6 Å². The summed E-state index contributed by atoms with van der Waals surface area (Å²) in [6.07, 6.45) is 0.866. The highest BCUT2D eigenvalue weighted by atomic mass is 16.7. The van der Waals surface area contributed by atoms with E-state index < -0.39 is 23.6 Å². The number of nitrogens with one attached hydrogen (secondary N) is 2. The molecule has 0 radical (unpaired) electrons. The van der Waals surface area contributed by atoms with Crippen molar-refractivity contribution in [2.24, 2.45) is 5.92 Å². The molecule has 11 nitrogen and oxygen atoms in total. The number of benzene rings is 1. The topological polar surface area (TPSA) is 132 Å². The first kappa shape index (κ1) is 24.8. The van der Waals surface area contributed by atoms with E-state index in [1.54, 1.807) is 0 Å². The lowest BCUT2D eigenvalue weighted by atomic mass is 9.77. The van der Waals surface area contributed by atoms with Gasteiger partial charge in [0.25, 0.3) is 5.91 Å².